The molecule has 1 aromatic heterocycles. The number of nitrogens with one attached hydrogen (secondary N) is 2. The Morgan fingerprint density at radius 2 is 1.78 bits per heavy atom. The van der Waals surface area contributed by atoms with Crippen LogP contribution in [0.2, 0.25) is 0 Å². The summed E-state index contributed by atoms with van der Waals surface area (Å²) in [6.07, 6.45) is 0. The molecule has 1 saturated heterocycles. The molecule has 0 unspecified atom stereocenters. The first-order valence-corrected chi connectivity index (χ1v) is 12.6. The summed E-state index contributed by atoms with van der Waals surface area (Å²) < 4.78 is 5.34. The molecule has 0 atom stereocenters. The van der Waals surface area contributed by atoms with Crippen LogP contribution in [0.4, 0.5) is 15.8 Å². The normalized spacial score (nSPS) is 13.5. The third-order valence-electron chi connectivity index (χ3n) is 5.87. The number of ether oxygens (including phenoxy) is 1. The summed E-state index contributed by atoms with van der Waals surface area (Å²) in [5.41, 5.74) is 7.61. The predicted molar refractivity (Wildman–Crippen MR) is 146 cm³/mol. The number of thiazole rings is 1. The van der Waals surface area contributed by atoms with E-state index in [0.717, 1.165) is 59.7 Å². The van der Waals surface area contributed by atoms with Gasteiger partial charge in [-0.1, -0.05) is 53.5 Å². The van der Waals surface area contributed by atoms with Gasteiger partial charge in [0.2, 0.25) is 0 Å². The highest BCUT2D eigenvalue weighted by Crippen LogP contribution is 2.31. The fraction of sp³-hybridized carbons (Fsp3) is 0.179. The van der Waals surface area contributed by atoms with Crippen LogP contribution in [-0.2, 0) is 4.74 Å². The lowest BCUT2D eigenvalue weighted by Gasteiger charge is -2.24. The number of carbonyl (C=O) groups is 2. The summed E-state index contributed by atoms with van der Waals surface area (Å²) in [4.78, 5) is 31.4. The highest BCUT2D eigenvalue weighted by molar-refractivity contribution is 7.20. The third-order valence-corrected chi connectivity index (χ3v) is 6.76. The molecule has 4 aromatic rings. The third kappa shape index (κ3) is 6.13. The van der Waals surface area contributed by atoms with Crippen molar-refractivity contribution in [3.63, 3.8) is 0 Å². The van der Waals surface area contributed by atoms with Gasteiger partial charge >= 0.3 is 0 Å². The molecule has 37 heavy (non-hydrogen) atoms. The predicted octanol–water partition coefficient (Wildman–Crippen LogP) is 4.07. The molecule has 0 aliphatic carbocycles. The minimum Gasteiger partial charge on any atom is -0.379 e. The molecule has 0 radical (unpaired) electrons. The number of amides is 2. The van der Waals surface area contributed by atoms with Crippen molar-refractivity contribution in [3.05, 3.63) is 83.6 Å². The Labute approximate surface area is 218 Å². The van der Waals surface area contributed by atoms with Crippen LogP contribution in [0.5, 0.6) is 0 Å². The van der Waals surface area contributed by atoms with Crippen molar-refractivity contribution < 1.29 is 14.3 Å². The van der Waals surface area contributed by atoms with Gasteiger partial charge in [0, 0.05) is 29.9 Å². The number of carbonyl (C=O) groups excluding carboxylic acids is 2. The number of rotatable bonds is 6. The van der Waals surface area contributed by atoms with Crippen molar-refractivity contribution in [1.29, 1.82) is 0 Å². The van der Waals surface area contributed by atoms with Crippen LogP contribution in [0.15, 0.2) is 66.7 Å². The first-order chi connectivity index (χ1) is 18.0. The van der Waals surface area contributed by atoms with Gasteiger partial charge in [0.05, 0.1) is 19.8 Å². The summed E-state index contributed by atoms with van der Waals surface area (Å²) in [6.45, 7) is 3.94. The van der Waals surface area contributed by atoms with E-state index in [-0.39, 0.29) is 16.6 Å². The number of anilines is 3. The first kappa shape index (κ1) is 24.5. The van der Waals surface area contributed by atoms with Gasteiger partial charge in [-0.25, -0.2) is 4.98 Å². The maximum atomic E-state index is 12.9. The molecule has 0 spiro atoms. The molecular formula is C28H25N5O3S. The molecule has 0 saturated carbocycles. The number of primary amides is 1. The van der Waals surface area contributed by atoms with Crippen LogP contribution in [0.3, 0.4) is 0 Å². The number of morpholine rings is 1. The Kier molecular flexibility index (Phi) is 7.42. The topological polar surface area (TPSA) is 110 Å². The second kappa shape index (κ2) is 11.2. The van der Waals surface area contributed by atoms with Gasteiger partial charge in [0.15, 0.2) is 10.8 Å². The summed E-state index contributed by atoms with van der Waals surface area (Å²) >= 11 is 1.15. The van der Waals surface area contributed by atoms with Gasteiger partial charge in [-0.2, -0.15) is 0 Å². The van der Waals surface area contributed by atoms with Crippen LogP contribution in [0, 0.1) is 11.8 Å². The monoisotopic (exact) mass is 511 g/mol. The van der Waals surface area contributed by atoms with Crippen molar-refractivity contribution in [1.82, 2.24) is 9.88 Å². The second-order valence-electron chi connectivity index (χ2n) is 8.47. The average molecular weight is 512 g/mol. The van der Waals surface area contributed by atoms with E-state index in [1.54, 1.807) is 24.3 Å². The summed E-state index contributed by atoms with van der Waals surface area (Å²) in [5.74, 6) is 5.21. The van der Waals surface area contributed by atoms with Gasteiger partial charge < -0.3 is 21.1 Å². The number of hydrogen-bond acceptors (Lipinski definition) is 7. The molecule has 1 fully saturated rings. The standard InChI is InChI=1S/C28H25N5O3S/c29-25(34)24-27(37-28(31-24)30-23-12-11-20-5-1-2-6-22(20)18-23)32-26(35)21-9-7-19(8-10-21)4-3-13-33-14-16-36-17-15-33/h1-2,5-12,18H,13-17H2,(H2,29,34)(H,30,31)(H,32,35). The number of fused-ring (bicyclic) bond motifs is 1. The number of nitrogens with zero attached hydrogens (tertiary/aromatic N) is 2. The highest BCUT2D eigenvalue weighted by Gasteiger charge is 2.19. The van der Waals surface area contributed by atoms with E-state index in [0.29, 0.717) is 17.2 Å². The maximum absolute atomic E-state index is 12.9. The lowest BCUT2D eigenvalue weighted by Crippen LogP contribution is -2.36. The van der Waals surface area contributed by atoms with E-state index < -0.39 is 5.91 Å². The van der Waals surface area contributed by atoms with Crippen molar-refractivity contribution >= 4 is 49.7 Å². The molecule has 9 heteroatoms. The van der Waals surface area contributed by atoms with Gasteiger partial charge in [-0.3, -0.25) is 14.5 Å². The Bertz CT molecular complexity index is 1500. The molecule has 2 heterocycles. The van der Waals surface area contributed by atoms with Crippen LogP contribution < -0.4 is 16.4 Å². The Balaban J connectivity index is 1.26. The summed E-state index contributed by atoms with van der Waals surface area (Å²) in [7, 11) is 0. The van der Waals surface area contributed by atoms with E-state index in [4.69, 9.17) is 10.5 Å². The van der Waals surface area contributed by atoms with Gasteiger partial charge in [0.25, 0.3) is 11.8 Å². The van der Waals surface area contributed by atoms with Crippen LogP contribution in [0.25, 0.3) is 10.8 Å². The van der Waals surface area contributed by atoms with E-state index in [1.807, 2.05) is 42.5 Å². The van der Waals surface area contributed by atoms with E-state index >= 15 is 0 Å². The van der Waals surface area contributed by atoms with Crippen LogP contribution in [-0.4, -0.2) is 54.5 Å². The van der Waals surface area contributed by atoms with Gasteiger partial charge in [0.1, 0.15) is 5.00 Å². The highest BCUT2D eigenvalue weighted by atomic mass is 32.1. The number of hydrogen-bond donors (Lipinski definition) is 3. The molecule has 1 aliphatic heterocycles. The minimum absolute atomic E-state index is 0.00670. The quantitative estimate of drug-likeness (QED) is 0.337. The zero-order chi connectivity index (χ0) is 25.6. The fourth-order valence-corrected chi connectivity index (χ4v) is 4.79. The molecule has 2 amide bonds. The van der Waals surface area contributed by atoms with Gasteiger partial charge in [-0.15, -0.1) is 0 Å². The van der Waals surface area contributed by atoms with E-state index in [2.05, 4.69) is 32.4 Å². The van der Waals surface area contributed by atoms with Crippen molar-refractivity contribution in [3.8, 4) is 11.8 Å². The Hall–Kier alpha value is -4.23. The van der Waals surface area contributed by atoms with E-state index in [9.17, 15) is 9.59 Å². The molecule has 1 aliphatic rings. The minimum atomic E-state index is -0.719. The van der Waals surface area contributed by atoms with Crippen molar-refractivity contribution in [2.45, 2.75) is 0 Å². The number of benzene rings is 3. The Morgan fingerprint density at radius 3 is 2.54 bits per heavy atom. The summed E-state index contributed by atoms with van der Waals surface area (Å²) in [5, 5.41) is 8.89. The molecule has 4 N–H and O–H groups in total. The van der Waals surface area contributed by atoms with Crippen molar-refractivity contribution in [2.75, 3.05) is 43.5 Å². The zero-order valence-electron chi connectivity index (χ0n) is 20.0. The van der Waals surface area contributed by atoms with Gasteiger partial charge in [-0.05, 0) is 47.2 Å². The molecule has 3 aromatic carbocycles. The SMILES string of the molecule is NC(=O)c1nc(Nc2ccc3ccccc3c2)sc1NC(=O)c1ccc(C#CCN2CCOCC2)cc1. The smallest absolute Gasteiger partial charge is 0.270 e. The molecule has 8 nitrogen and oxygen atoms in total. The molecule has 0 bridgehead atoms. The van der Waals surface area contributed by atoms with Crippen LogP contribution >= 0.6 is 11.3 Å². The van der Waals surface area contributed by atoms with Crippen LogP contribution in [0.1, 0.15) is 26.4 Å². The maximum Gasteiger partial charge on any atom is 0.270 e. The number of aromatic nitrogens is 1. The first-order valence-electron chi connectivity index (χ1n) is 11.8. The lowest BCUT2D eigenvalue weighted by molar-refractivity contribution is 0.0443. The zero-order valence-corrected chi connectivity index (χ0v) is 20.8. The molecular weight excluding hydrogens is 486 g/mol. The average Bonchev–Trinajstić information content (AvgIpc) is 3.32. The molecule has 186 valence electrons. The molecule has 5 rings (SSSR count). The second-order valence-corrected chi connectivity index (χ2v) is 9.47. The fourth-order valence-electron chi connectivity index (χ4n) is 3.91. The van der Waals surface area contributed by atoms with Crippen molar-refractivity contribution in [2.24, 2.45) is 5.73 Å². The Morgan fingerprint density at radius 1 is 1.03 bits per heavy atom. The lowest BCUT2D eigenvalue weighted by atomic mass is 10.1. The number of nitrogens with two attached hydrogens (primary N) is 1. The summed E-state index contributed by atoms with van der Waals surface area (Å²) in [6, 6.07) is 20.9. The van der Waals surface area contributed by atoms with E-state index in [1.165, 1.54) is 0 Å². The largest absolute Gasteiger partial charge is 0.379 e.